The summed E-state index contributed by atoms with van der Waals surface area (Å²) in [6, 6.07) is 5.88. The topological polar surface area (TPSA) is 26.7 Å². The lowest BCUT2D eigenvalue weighted by atomic mass is 9.79. The van der Waals surface area contributed by atoms with Gasteiger partial charge in [0.1, 0.15) is 5.82 Å². The molecule has 25 heavy (non-hydrogen) atoms. The lowest BCUT2D eigenvalue weighted by Crippen LogP contribution is -2.46. The smallest absolute Gasteiger partial charge is 0.123 e. The molecule has 1 N–H and O–H groups in total. The van der Waals surface area contributed by atoms with Crippen LogP contribution in [0.2, 0.25) is 0 Å². The van der Waals surface area contributed by atoms with Gasteiger partial charge in [-0.3, -0.25) is 4.90 Å². The van der Waals surface area contributed by atoms with Gasteiger partial charge < -0.3 is 10.0 Å². The number of aryl methyl sites for hydroxylation is 1. The summed E-state index contributed by atoms with van der Waals surface area (Å²) in [5, 5.41) is 9.77. The molecule has 3 fully saturated rings. The van der Waals surface area contributed by atoms with Crippen LogP contribution in [-0.4, -0.2) is 48.3 Å². The lowest BCUT2D eigenvalue weighted by Gasteiger charge is -2.43. The third kappa shape index (κ3) is 3.56. The normalized spacial score (nSPS) is 34.0. The SMILES string of the molecule is Cc1cc(F)ccc1N1CCC[C@]2(CCN([C@H]3CC[C@H](O)CC3)C2)C1. The van der Waals surface area contributed by atoms with E-state index >= 15 is 0 Å². The van der Waals surface area contributed by atoms with Crippen LogP contribution in [-0.2, 0) is 0 Å². The van der Waals surface area contributed by atoms with Crippen LogP contribution >= 0.6 is 0 Å². The maximum Gasteiger partial charge on any atom is 0.123 e. The van der Waals surface area contributed by atoms with Gasteiger partial charge in [-0.15, -0.1) is 0 Å². The summed E-state index contributed by atoms with van der Waals surface area (Å²) < 4.78 is 13.5. The molecule has 2 heterocycles. The predicted molar refractivity (Wildman–Crippen MR) is 99.5 cm³/mol. The van der Waals surface area contributed by atoms with Crippen molar-refractivity contribution in [2.75, 3.05) is 31.1 Å². The Morgan fingerprint density at radius 3 is 2.64 bits per heavy atom. The van der Waals surface area contributed by atoms with Gasteiger partial charge in [-0.1, -0.05) is 0 Å². The number of anilines is 1. The van der Waals surface area contributed by atoms with Gasteiger partial charge in [-0.2, -0.15) is 0 Å². The molecule has 1 aromatic carbocycles. The number of benzene rings is 1. The van der Waals surface area contributed by atoms with Crippen molar-refractivity contribution in [3.8, 4) is 0 Å². The maximum absolute atomic E-state index is 13.5. The fourth-order valence-corrected chi connectivity index (χ4v) is 5.43. The van der Waals surface area contributed by atoms with Crippen LogP contribution in [0.15, 0.2) is 18.2 Å². The van der Waals surface area contributed by atoms with Crippen LogP contribution in [0.4, 0.5) is 10.1 Å². The fourth-order valence-electron chi connectivity index (χ4n) is 5.43. The molecule has 0 bridgehead atoms. The van der Waals surface area contributed by atoms with E-state index in [0.29, 0.717) is 11.5 Å². The highest BCUT2D eigenvalue weighted by atomic mass is 19.1. The molecule has 1 saturated carbocycles. The highest BCUT2D eigenvalue weighted by Gasteiger charge is 2.43. The zero-order chi connectivity index (χ0) is 17.4. The molecule has 0 amide bonds. The zero-order valence-electron chi connectivity index (χ0n) is 15.4. The van der Waals surface area contributed by atoms with Crippen LogP contribution in [0.3, 0.4) is 0 Å². The molecule has 1 spiro atoms. The molecule has 0 unspecified atom stereocenters. The van der Waals surface area contributed by atoms with Crippen molar-refractivity contribution >= 4 is 5.69 Å². The van der Waals surface area contributed by atoms with Gasteiger partial charge in [-0.25, -0.2) is 4.39 Å². The van der Waals surface area contributed by atoms with Crippen molar-refractivity contribution in [2.45, 2.75) is 64.0 Å². The molecule has 3 nitrogen and oxygen atoms in total. The second-order valence-corrected chi connectivity index (χ2v) is 8.64. The summed E-state index contributed by atoms with van der Waals surface area (Å²) in [6.45, 7) is 6.62. The molecular formula is C21H31FN2O. The Hall–Kier alpha value is -1.13. The molecule has 1 atom stereocenters. The van der Waals surface area contributed by atoms with Crippen LogP contribution in [0.1, 0.15) is 50.5 Å². The number of piperidine rings is 1. The minimum Gasteiger partial charge on any atom is -0.393 e. The second kappa shape index (κ2) is 6.88. The Bertz CT molecular complexity index is 614. The quantitative estimate of drug-likeness (QED) is 0.884. The zero-order valence-corrected chi connectivity index (χ0v) is 15.4. The van der Waals surface area contributed by atoms with E-state index in [1.54, 1.807) is 12.1 Å². The van der Waals surface area contributed by atoms with Crippen molar-refractivity contribution in [2.24, 2.45) is 5.41 Å². The number of aliphatic hydroxyl groups is 1. The van der Waals surface area contributed by atoms with E-state index < -0.39 is 0 Å². The number of rotatable bonds is 2. The Morgan fingerprint density at radius 2 is 1.88 bits per heavy atom. The summed E-state index contributed by atoms with van der Waals surface area (Å²) >= 11 is 0. The monoisotopic (exact) mass is 346 g/mol. The molecule has 2 saturated heterocycles. The Balaban J connectivity index is 1.44. The molecular weight excluding hydrogens is 315 g/mol. The van der Waals surface area contributed by atoms with Crippen molar-refractivity contribution in [1.29, 1.82) is 0 Å². The van der Waals surface area contributed by atoms with Gasteiger partial charge in [0.2, 0.25) is 0 Å². The van der Waals surface area contributed by atoms with E-state index in [4.69, 9.17) is 0 Å². The standard InChI is InChI=1S/C21H31FN2O/c1-16-13-17(22)3-8-20(16)24-11-2-9-21(15-24)10-12-23(14-21)18-4-6-19(25)7-5-18/h3,8,13,18-19,25H,2,4-7,9-12,14-15H2,1H3/t18-,19-,21-/m1/s1. The Kier molecular flexibility index (Phi) is 4.76. The molecule has 4 heteroatoms. The van der Waals surface area contributed by atoms with Gasteiger partial charge in [0.25, 0.3) is 0 Å². The maximum atomic E-state index is 13.5. The summed E-state index contributed by atoms with van der Waals surface area (Å²) in [5.41, 5.74) is 2.66. The molecule has 2 aliphatic heterocycles. The van der Waals surface area contributed by atoms with E-state index in [0.717, 1.165) is 44.3 Å². The average molecular weight is 346 g/mol. The van der Waals surface area contributed by atoms with Crippen LogP contribution in [0, 0.1) is 18.2 Å². The molecule has 4 rings (SSSR count). The number of hydrogen-bond acceptors (Lipinski definition) is 3. The molecule has 0 radical (unpaired) electrons. The predicted octanol–water partition coefficient (Wildman–Crippen LogP) is 3.73. The summed E-state index contributed by atoms with van der Waals surface area (Å²) in [5.74, 6) is -0.139. The first-order valence-electron chi connectivity index (χ1n) is 9.98. The molecule has 0 aromatic heterocycles. The minimum atomic E-state index is -0.139. The van der Waals surface area contributed by atoms with Gasteiger partial charge in [-0.05, 0) is 82.2 Å². The van der Waals surface area contributed by atoms with E-state index in [-0.39, 0.29) is 11.9 Å². The fraction of sp³-hybridized carbons (Fsp3) is 0.714. The summed E-state index contributed by atoms with van der Waals surface area (Å²) in [7, 11) is 0. The highest BCUT2D eigenvalue weighted by molar-refractivity contribution is 5.53. The first-order valence-corrected chi connectivity index (χ1v) is 9.98. The lowest BCUT2D eigenvalue weighted by molar-refractivity contribution is 0.0770. The van der Waals surface area contributed by atoms with E-state index in [2.05, 4.69) is 9.80 Å². The number of aliphatic hydroxyl groups excluding tert-OH is 1. The van der Waals surface area contributed by atoms with Crippen molar-refractivity contribution in [1.82, 2.24) is 4.90 Å². The van der Waals surface area contributed by atoms with Crippen LogP contribution in [0.5, 0.6) is 0 Å². The molecule has 1 aromatic rings. The second-order valence-electron chi connectivity index (χ2n) is 8.64. The summed E-state index contributed by atoms with van der Waals surface area (Å²) in [6.07, 6.45) is 7.99. The van der Waals surface area contributed by atoms with E-state index in [1.807, 2.05) is 13.0 Å². The average Bonchev–Trinajstić information content (AvgIpc) is 2.99. The van der Waals surface area contributed by atoms with Crippen molar-refractivity contribution in [3.05, 3.63) is 29.6 Å². The number of nitrogens with zero attached hydrogens (tertiary/aromatic N) is 2. The molecule has 1 aliphatic carbocycles. The number of hydrogen-bond donors (Lipinski definition) is 1. The highest BCUT2D eigenvalue weighted by Crippen LogP contribution is 2.42. The van der Waals surface area contributed by atoms with Gasteiger partial charge >= 0.3 is 0 Å². The van der Waals surface area contributed by atoms with Crippen molar-refractivity contribution in [3.63, 3.8) is 0 Å². The first kappa shape index (κ1) is 17.3. The van der Waals surface area contributed by atoms with Crippen LogP contribution in [0.25, 0.3) is 0 Å². The largest absolute Gasteiger partial charge is 0.393 e. The minimum absolute atomic E-state index is 0.0700. The Labute approximate surface area is 150 Å². The number of halogens is 1. The van der Waals surface area contributed by atoms with Gasteiger partial charge in [0, 0.05) is 36.8 Å². The van der Waals surface area contributed by atoms with Gasteiger partial charge in [0.05, 0.1) is 6.10 Å². The van der Waals surface area contributed by atoms with Gasteiger partial charge in [0.15, 0.2) is 0 Å². The molecule has 138 valence electrons. The number of likely N-dealkylation sites (tertiary alicyclic amines) is 1. The first-order chi connectivity index (χ1) is 12.0. The van der Waals surface area contributed by atoms with E-state index in [9.17, 15) is 9.50 Å². The third-order valence-corrected chi connectivity index (χ3v) is 6.81. The summed E-state index contributed by atoms with van der Waals surface area (Å²) in [4.78, 5) is 5.19. The van der Waals surface area contributed by atoms with Crippen LogP contribution < -0.4 is 4.90 Å². The molecule has 3 aliphatic rings. The van der Waals surface area contributed by atoms with Crippen molar-refractivity contribution < 1.29 is 9.50 Å². The van der Waals surface area contributed by atoms with E-state index in [1.165, 1.54) is 38.0 Å². The Morgan fingerprint density at radius 1 is 1.08 bits per heavy atom. The third-order valence-electron chi connectivity index (χ3n) is 6.81.